The van der Waals surface area contributed by atoms with Gasteiger partial charge >= 0.3 is 13.4 Å². The average molecular weight is 326 g/mol. The van der Waals surface area contributed by atoms with Crippen molar-refractivity contribution in [2.45, 2.75) is 66.2 Å². The van der Waals surface area contributed by atoms with Gasteiger partial charge in [0.2, 0.25) is 0 Å². The van der Waals surface area contributed by atoms with Crippen LogP contribution in [0.15, 0.2) is 0 Å². The third-order valence-corrected chi connectivity index (χ3v) is 3.33. The summed E-state index contributed by atoms with van der Waals surface area (Å²) in [6.45, 7) is 3.48. The standard InChI is InChI=1S/C12H28N.2CHF3/c1-5-8-9-10-11-12-13(4,6-2)7-3;2*2-1(3)4/h5-12H2,1-4H3;2*1H/q+1;;. The van der Waals surface area contributed by atoms with Gasteiger partial charge in [-0.15, -0.1) is 0 Å². The lowest BCUT2D eigenvalue weighted by molar-refractivity contribution is -0.906. The summed E-state index contributed by atoms with van der Waals surface area (Å²) in [4.78, 5) is 0. The van der Waals surface area contributed by atoms with Gasteiger partial charge in [0.25, 0.3) is 0 Å². The molecule has 0 heterocycles. The largest absolute Gasteiger partial charge is 0.379 e. The lowest BCUT2D eigenvalue weighted by atomic mass is 10.1. The van der Waals surface area contributed by atoms with Crippen LogP contribution in [0.2, 0.25) is 0 Å². The van der Waals surface area contributed by atoms with Crippen LogP contribution in [-0.4, -0.2) is 44.5 Å². The van der Waals surface area contributed by atoms with Gasteiger partial charge in [-0.1, -0.05) is 26.2 Å². The Hall–Kier alpha value is -0.460. The van der Waals surface area contributed by atoms with Crippen LogP contribution in [0.4, 0.5) is 26.3 Å². The molecular formula is C14H30F6N+. The van der Waals surface area contributed by atoms with Crippen molar-refractivity contribution in [1.82, 2.24) is 0 Å². The Morgan fingerprint density at radius 2 is 1.00 bits per heavy atom. The molecule has 0 aromatic heterocycles. The van der Waals surface area contributed by atoms with Gasteiger partial charge in [0, 0.05) is 0 Å². The molecule has 132 valence electrons. The fourth-order valence-corrected chi connectivity index (χ4v) is 1.64. The Morgan fingerprint density at radius 1 is 0.667 bits per heavy atom. The molecule has 0 aromatic carbocycles. The van der Waals surface area contributed by atoms with Crippen molar-refractivity contribution in [3.8, 4) is 0 Å². The molecule has 1 nitrogen and oxygen atoms in total. The normalized spacial score (nSPS) is 10.9. The maximum atomic E-state index is 9.67. The third kappa shape index (κ3) is 32.8. The second-order valence-corrected chi connectivity index (χ2v) is 4.88. The summed E-state index contributed by atoms with van der Waals surface area (Å²) in [5.74, 6) is 0. The zero-order valence-electron chi connectivity index (χ0n) is 13.5. The Kier molecular flexibility index (Phi) is 21.4. The maximum Gasteiger partial charge on any atom is 0.379 e. The fraction of sp³-hybridized carbons (Fsp3) is 1.00. The van der Waals surface area contributed by atoms with E-state index in [0.29, 0.717) is 0 Å². The van der Waals surface area contributed by atoms with E-state index < -0.39 is 13.4 Å². The second-order valence-electron chi connectivity index (χ2n) is 4.88. The number of hydrogen-bond acceptors (Lipinski definition) is 0. The van der Waals surface area contributed by atoms with Gasteiger partial charge in [-0.05, 0) is 26.7 Å². The minimum Gasteiger partial charge on any atom is -0.327 e. The van der Waals surface area contributed by atoms with E-state index in [1.54, 1.807) is 0 Å². The van der Waals surface area contributed by atoms with Gasteiger partial charge in [-0.3, -0.25) is 0 Å². The molecule has 0 spiro atoms. The summed E-state index contributed by atoms with van der Waals surface area (Å²) < 4.78 is 59.3. The Bertz CT molecular complexity index is 175. The van der Waals surface area contributed by atoms with Crippen molar-refractivity contribution in [3.05, 3.63) is 0 Å². The van der Waals surface area contributed by atoms with Crippen LogP contribution in [0.5, 0.6) is 0 Å². The van der Waals surface area contributed by atoms with Crippen molar-refractivity contribution < 1.29 is 30.8 Å². The highest BCUT2D eigenvalue weighted by Crippen LogP contribution is 2.08. The summed E-state index contributed by atoms with van der Waals surface area (Å²) in [6, 6.07) is 0. The van der Waals surface area contributed by atoms with Crippen molar-refractivity contribution in [1.29, 1.82) is 0 Å². The van der Waals surface area contributed by atoms with Gasteiger partial charge in [-0.25, -0.2) is 0 Å². The van der Waals surface area contributed by atoms with Crippen LogP contribution < -0.4 is 0 Å². The quantitative estimate of drug-likeness (QED) is 0.300. The number of rotatable bonds is 8. The van der Waals surface area contributed by atoms with Gasteiger partial charge < -0.3 is 4.48 Å². The molecule has 0 saturated heterocycles. The molecule has 0 saturated carbocycles. The highest BCUT2D eigenvalue weighted by atomic mass is 19.4. The predicted molar refractivity (Wildman–Crippen MR) is 75.1 cm³/mol. The lowest BCUT2D eigenvalue weighted by Crippen LogP contribution is -2.44. The van der Waals surface area contributed by atoms with E-state index in [4.69, 9.17) is 0 Å². The van der Waals surface area contributed by atoms with E-state index in [1.807, 2.05) is 0 Å². The van der Waals surface area contributed by atoms with Crippen LogP contribution in [-0.2, 0) is 0 Å². The molecule has 0 N–H and O–H groups in total. The smallest absolute Gasteiger partial charge is 0.327 e. The average Bonchev–Trinajstić information content (AvgIpc) is 2.37. The van der Waals surface area contributed by atoms with E-state index in [2.05, 4.69) is 27.8 Å². The first-order valence-corrected chi connectivity index (χ1v) is 7.33. The van der Waals surface area contributed by atoms with Crippen molar-refractivity contribution in [2.24, 2.45) is 0 Å². The molecule has 0 amide bonds. The van der Waals surface area contributed by atoms with Gasteiger partial charge in [0.15, 0.2) is 0 Å². The first-order chi connectivity index (χ1) is 9.65. The number of alkyl halides is 6. The van der Waals surface area contributed by atoms with Gasteiger partial charge in [-0.2, -0.15) is 26.3 Å². The zero-order valence-corrected chi connectivity index (χ0v) is 13.5. The van der Waals surface area contributed by atoms with Crippen molar-refractivity contribution in [3.63, 3.8) is 0 Å². The SMILES string of the molecule is CCCCCCC[N+](C)(CC)CC.FC(F)F.FC(F)F. The molecule has 7 heteroatoms. The van der Waals surface area contributed by atoms with Crippen LogP contribution in [0.1, 0.15) is 52.9 Å². The Balaban J connectivity index is -0.000000334. The third-order valence-electron chi connectivity index (χ3n) is 3.33. The molecule has 0 bridgehead atoms. The molecule has 0 radical (unpaired) electrons. The molecule has 0 atom stereocenters. The van der Waals surface area contributed by atoms with Crippen LogP contribution in [0.25, 0.3) is 0 Å². The Labute approximate surface area is 124 Å². The highest BCUT2D eigenvalue weighted by molar-refractivity contribution is 4.42. The number of nitrogens with zero attached hydrogens (tertiary/aromatic N) is 1. The van der Waals surface area contributed by atoms with Crippen LogP contribution in [0.3, 0.4) is 0 Å². The molecule has 0 aliphatic rings. The fourth-order valence-electron chi connectivity index (χ4n) is 1.64. The van der Waals surface area contributed by atoms with Crippen LogP contribution >= 0.6 is 0 Å². The summed E-state index contributed by atoms with van der Waals surface area (Å²) in [7, 11) is 2.37. The Morgan fingerprint density at radius 3 is 1.29 bits per heavy atom. The van der Waals surface area contributed by atoms with E-state index in [1.165, 1.54) is 56.2 Å². The van der Waals surface area contributed by atoms with E-state index in [-0.39, 0.29) is 0 Å². The van der Waals surface area contributed by atoms with Gasteiger partial charge in [0.1, 0.15) is 0 Å². The molecule has 0 unspecified atom stereocenters. The number of halogens is 6. The van der Waals surface area contributed by atoms with Crippen molar-refractivity contribution in [2.75, 3.05) is 26.7 Å². The molecule has 0 aliphatic heterocycles. The lowest BCUT2D eigenvalue weighted by Gasteiger charge is -2.32. The molecule has 0 fully saturated rings. The summed E-state index contributed by atoms with van der Waals surface area (Å²) in [5, 5.41) is 0. The summed E-state index contributed by atoms with van der Waals surface area (Å²) >= 11 is 0. The van der Waals surface area contributed by atoms with Crippen LogP contribution in [0, 0.1) is 0 Å². The first-order valence-electron chi connectivity index (χ1n) is 7.33. The van der Waals surface area contributed by atoms with E-state index in [9.17, 15) is 26.3 Å². The minimum absolute atomic E-state index is 1.26. The van der Waals surface area contributed by atoms with Gasteiger partial charge in [0.05, 0.1) is 26.7 Å². The zero-order chi connectivity index (χ0) is 17.3. The molecule has 21 heavy (non-hydrogen) atoms. The number of quaternary nitrogens is 1. The highest BCUT2D eigenvalue weighted by Gasteiger charge is 2.14. The topological polar surface area (TPSA) is 0 Å². The maximum absolute atomic E-state index is 9.67. The van der Waals surface area contributed by atoms with E-state index in [0.717, 1.165) is 0 Å². The van der Waals surface area contributed by atoms with E-state index >= 15 is 0 Å². The monoisotopic (exact) mass is 326 g/mol. The molecular weight excluding hydrogens is 296 g/mol. The number of unbranched alkanes of at least 4 members (excludes halogenated alkanes) is 4. The molecule has 0 aromatic rings. The molecule has 0 aliphatic carbocycles. The second kappa shape index (κ2) is 17.6. The number of hydrogen-bond donors (Lipinski definition) is 0. The first kappa shape index (κ1) is 25.5. The predicted octanol–water partition coefficient (Wildman–Crippen LogP) is 5.80. The van der Waals surface area contributed by atoms with Crippen molar-refractivity contribution >= 4 is 0 Å². The summed E-state index contributed by atoms with van der Waals surface area (Å²) in [6.07, 6.45) is 7.05. The minimum atomic E-state index is -3.67. The summed E-state index contributed by atoms with van der Waals surface area (Å²) in [5.41, 5.74) is 0. The molecule has 0 rings (SSSR count).